The number of nitrogen functional groups attached to an aromatic ring is 1. The van der Waals surface area contributed by atoms with E-state index in [1.807, 2.05) is 12.3 Å². The van der Waals surface area contributed by atoms with Gasteiger partial charge >= 0.3 is 0 Å². The molecule has 0 atom stereocenters. The maximum absolute atomic E-state index is 5.94. The fraction of sp³-hybridized carbons (Fsp3) is 0.583. The molecule has 0 unspecified atom stereocenters. The van der Waals surface area contributed by atoms with Gasteiger partial charge in [-0.15, -0.1) is 0 Å². The number of pyridine rings is 1. The number of hydrogen-bond donors (Lipinski definition) is 1. The van der Waals surface area contributed by atoms with Crippen LogP contribution in [-0.2, 0) is 0 Å². The lowest BCUT2D eigenvalue weighted by Crippen LogP contribution is -2.47. The highest BCUT2D eigenvalue weighted by Gasteiger charge is 2.31. The molecule has 1 aromatic heterocycles. The van der Waals surface area contributed by atoms with Crippen LogP contribution in [0.3, 0.4) is 0 Å². The Morgan fingerprint density at radius 1 is 1.19 bits per heavy atom. The minimum absolute atomic E-state index is 0.794. The number of nitrogens with two attached hydrogens (primary N) is 1. The van der Waals surface area contributed by atoms with Crippen molar-refractivity contribution in [2.75, 3.05) is 36.8 Å². The standard InChI is InChI=1S/C12H18N4/c13-11-9-14-4-3-12(11)16-7-5-15(6-8-16)10-1-2-10/h3-4,9-10H,1-2,5-8,13H2. The van der Waals surface area contributed by atoms with Gasteiger partial charge in [0, 0.05) is 38.4 Å². The molecule has 0 radical (unpaired) electrons. The number of piperazine rings is 1. The first-order valence-electron chi connectivity index (χ1n) is 6.03. The van der Waals surface area contributed by atoms with E-state index in [4.69, 9.17) is 5.73 Å². The summed E-state index contributed by atoms with van der Waals surface area (Å²) in [6, 6.07) is 2.90. The molecule has 1 saturated heterocycles. The zero-order valence-corrected chi connectivity index (χ0v) is 9.47. The maximum atomic E-state index is 5.94. The van der Waals surface area contributed by atoms with Crippen LogP contribution in [0.1, 0.15) is 12.8 Å². The van der Waals surface area contributed by atoms with E-state index < -0.39 is 0 Å². The van der Waals surface area contributed by atoms with Gasteiger partial charge < -0.3 is 10.6 Å². The molecule has 2 aliphatic rings. The zero-order chi connectivity index (χ0) is 11.0. The molecule has 2 N–H and O–H groups in total. The van der Waals surface area contributed by atoms with Crippen LogP contribution in [-0.4, -0.2) is 42.1 Å². The molecule has 0 amide bonds. The highest BCUT2D eigenvalue weighted by molar-refractivity contribution is 5.66. The number of rotatable bonds is 2. The molecule has 0 aromatic carbocycles. The second-order valence-corrected chi connectivity index (χ2v) is 4.69. The molecule has 2 fully saturated rings. The third-order valence-electron chi connectivity index (χ3n) is 3.55. The van der Waals surface area contributed by atoms with Gasteiger partial charge in [0.15, 0.2) is 0 Å². The second kappa shape index (κ2) is 3.94. The average Bonchev–Trinajstić information content (AvgIpc) is 3.14. The van der Waals surface area contributed by atoms with Crippen LogP contribution < -0.4 is 10.6 Å². The molecule has 1 aliphatic carbocycles. The molecule has 1 aliphatic heterocycles. The first-order chi connectivity index (χ1) is 7.84. The number of aromatic nitrogens is 1. The van der Waals surface area contributed by atoms with Crippen molar-refractivity contribution >= 4 is 11.4 Å². The fourth-order valence-corrected chi connectivity index (χ4v) is 2.45. The Morgan fingerprint density at radius 3 is 2.56 bits per heavy atom. The summed E-state index contributed by atoms with van der Waals surface area (Å²) in [5.74, 6) is 0. The minimum Gasteiger partial charge on any atom is -0.396 e. The van der Waals surface area contributed by atoms with Crippen LogP contribution in [0.4, 0.5) is 11.4 Å². The molecule has 0 spiro atoms. The molecular weight excluding hydrogens is 200 g/mol. The third kappa shape index (κ3) is 1.85. The Kier molecular flexibility index (Phi) is 2.44. The molecule has 4 heteroatoms. The normalized spacial score (nSPS) is 22.4. The summed E-state index contributed by atoms with van der Waals surface area (Å²) in [5, 5.41) is 0. The fourth-order valence-electron chi connectivity index (χ4n) is 2.45. The Labute approximate surface area is 96.1 Å². The van der Waals surface area contributed by atoms with Gasteiger partial charge in [-0.3, -0.25) is 9.88 Å². The lowest BCUT2D eigenvalue weighted by molar-refractivity contribution is 0.248. The molecule has 3 rings (SSSR count). The van der Waals surface area contributed by atoms with Crippen molar-refractivity contribution in [2.24, 2.45) is 0 Å². The van der Waals surface area contributed by atoms with Gasteiger partial charge in [0.1, 0.15) is 0 Å². The molecule has 86 valence electrons. The summed E-state index contributed by atoms with van der Waals surface area (Å²) in [4.78, 5) is 9.01. The van der Waals surface area contributed by atoms with E-state index in [9.17, 15) is 0 Å². The smallest absolute Gasteiger partial charge is 0.0738 e. The van der Waals surface area contributed by atoms with E-state index in [1.165, 1.54) is 25.9 Å². The average molecular weight is 218 g/mol. The van der Waals surface area contributed by atoms with Crippen molar-refractivity contribution in [2.45, 2.75) is 18.9 Å². The van der Waals surface area contributed by atoms with Crippen molar-refractivity contribution in [3.8, 4) is 0 Å². The first-order valence-corrected chi connectivity index (χ1v) is 6.03. The molecule has 1 saturated carbocycles. The second-order valence-electron chi connectivity index (χ2n) is 4.69. The number of anilines is 2. The van der Waals surface area contributed by atoms with Crippen molar-refractivity contribution in [1.29, 1.82) is 0 Å². The monoisotopic (exact) mass is 218 g/mol. The molecular formula is C12H18N4. The molecule has 16 heavy (non-hydrogen) atoms. The summed E-state index contributed by atoms with van der Waals surface area (Å²) in [6.07, 6.45) is 6.36. The van der Waals surface area contributed by atoms with Gasteiger partial charge in [0.2, 0.25) is 0 Å². The summed E-state index contributed by atoms with van der Waals surface area (Å²) in [7, 11) is 0. The largest absolute Gasteiger partial charge is 0.396 e. The quantitative estimate of drug-likeness (QED) is 0.802. The molecule has 1 aromatic rings. The molecule has 2 heterocycles. The predicted octanol–water partition coefficient (Wildman–Crippen LogP) is 0.948. The predicted molar refractivity (Wildman–Crippen MR) is 65.5 cm³/mol. The van der Waals surface area contributed by atoms with Crippen LogP contribution >= 0.6 is 0 Å². The van der Waals surface area contributed by atoms with Gasteiger partial charge in [-0.1, -0.05) is 0 Å². The van der Waals surface area contributed by atoms with Gasteiger partial charge in [0.05, 0.1) is 17.6 Å². The topological polar surface area (TPSA) is 45.4 Å². The van der Waals surface area contributed by atoms with Crippen molar-refractivity contribution in [3.63, 3.8) is 0 Å². The van der Waals surface area contributed by atoms with Crippen LogP contribution in [0, 0.1) is 0 Å². The first kappa shape index (κ1) is 9.90. The Bertz CT molecular complexity index is 367. The van der Waals surface area contributed by atoms with Crippen LogP contribution in [0.25, 0.3) is 0 Å². The molecule has 4 nitrogen and oxygen atoms in total. The minimum atomic E-state index is 0.794. The van der Waals surface area contributed by atoms with E-state index in [0.29, 0.717) is 0 Å². The number of hydrogen-bond acceptors (Lipinski definition) is 4. The SMILES string of the molecule is Nc1cnccc1N1CCN(C2CC2)CC1. The summed E-state index contributed by atoms with van der Waals surface area (Å²) < 4.78 is 0. The van der Waals surface area contributed by atoms with E-state index in [-0.39, 0.29) is 0 Å². The van der Waals surface area contributed by atoms with Crippen LogP contribution in [0.15, 0.2) is 18.5 Å². The van der Waals surface area contributed by atoms with Crippen LogP contribution in [0.2, 0.25) is 0 Å². The van der Waals surface area contributed by atoms with Crippen molar-refractivity contribution < 1.29 is 0 Å². The van der Waals surface area contributed by atoms with Crippen molar-refractivity contribution in [1.82, 2.24) is 9.88 Å². The highest BCUT2D eigenvalue weighted by atomic mass is 15.3. The Hall–Kier alpha value is -1.29. The zero-order valence-electron chi connectivity index (χ0n) is 9.47. The van der Waals surface area contributed by atoms with E-state index in [1.54, 1.807) is 6.20 Å². The van der Waals surface area contributed by atoms with E-state index >= 15 is 0 Å². The van der Waals surface area contributed by atoms with Gasteiger partial charge in [0.25, 0.3) is 0 Å². The van der Waals surface area contributed by atoms with E-state index in [0.717, 1.165) is 30.5 Å². The van der Waals surface area contributed by atoms with Crippen molar-refractivity contribution in [3.05, 3.63) is 18.5 Å². The van der Waals surface area contributed by atoms with Crippen LogP contribution in [0.5, 0.6) is 0 Å². The summed E-state index contributed by atoms with van der Waals surface area (Å²) >= 11 is 0. The Morgan fingerprint density at radius 2 is 1.94 bits per heavy atom. The number of nitrogens with zero attached hydrogens (tertiary/aromatic N) is 3. The van der Waals surface area contributed by atoms with E-state index in [2.05, 4.69) is 14.8 Å². The summed E-state index contributed by atoms with van der Waals surface area (Å²) in [6.45, 7) is 4.52. The summed E-state index contributed by atoms with van der Waals surface area (Å²) in [5.41, 5.74) is 7.88. The lowest BCUT2D eigenvalue weighted by Gasteiger charge is -2.36. The van der Waals surface area contributed by atoms with Gasteiger partial charge in [-0.05, 0) is 18.9 Å². The molecule has 0 bridgehead atoms. The van der Waals surface area contributed by atoms with Gasteiger partial charge in [-0.25, -0.2) is 0 Å². The van der Waals surface area contributed by atoms with Gasteiger partial charge in [-0.2, -0.15) is 0 Å². The highest BCUT2D eigenvalue weighted by Crippen LogP contribution is 2.29. The maximum Gasteiger partial charge on any atom is 0.0738 e. The Balaban J connectivity index is 1.67. The third-order valence-corrected chi connectivity index (χ3v) is 3.55. The lowest BCUT2D eigenvalue weighted by atomic mass is 10.2.